The van der Waals surface area contributed by atoms with Crippen molar-refractivity contribution in [1.82, 2.24) is 10.3 Å². The highest BCUT2D eigenvalue weighted by Gasteiger charge is 2.15. The van der Waals surface area contributed by atoms with Crippen molar-refractivity contribution < 1.29 is 0 Å². The SMILES string of the molecule is CCNC(c1ccc(C(C)C)cc1)c1csc(C)n1. The van der Waals surface area contributed by atoms with E-state index in [1.165, 1.54) is 11.1 Å². The molecule has 1 N–H and O–H groups in total. The molecule has 1 atom stereocenters. The van der Waals surface area contributed by atoms with Gasteiger partial charge in [0.1, 0.15) is 0 Å². The number of thiazole rings is 1. The Bertz CT molecular complexity index is 514. The molecule has 2 nitrogen and oxygen atoms in total. The summed E-state index contributed by atoms with van der Waals surface area (Å²) in [5.41, 5.74) is 3.80. The molecule has 0 aliphatic heterocycles. The molecule has 2 rings (SSSR count). The van der Waals surface area contributed by atoms with Crippen LogP contribution in [0.2, 0.25) is 0 Å². The highest BCUT2D eigenvalue weighted by Crippen LogP contribution is 2.25. The van der Waals surface area contributed by atoms with E-state index >= 15 is 0 Å². The van der Waals surface area contributed by atoms with E-state index in [1.54, 1.807) is 11.3 Å². The lowest BCUT2D eigenvalue weighted by atomic mass is 9.98. The van der Waals surface area contributed by atoms with Crippen molar-refractivity contribution in [3.8, 4) is 0 Å². The largest absolute Gasteiger partial charge is 0.305 e. The zero-order valence-corrected chi connectivity index (χ0v) is 12.9. The lowest BCUT2D eigenvalue weighted by Crippen LogP contribution is -2.22. The van der Waals surface area contributed by atoms with Crippen LogP contribution in [0.15, 0.2) is 29.6 Å². The normalized spacial score (nSPS) is 12.9. The topological polar surface area (TPSA) is 24.9 Å². The van der Waals surface area contributed by atoms with Gasteiger partial charge in [0.2, 0.25) is 0 Å². The van der Waals surface area contributed by atoms with E-state index in [1.807, 2.05) is 0 Å². The molecule has 1 heterocycles. The second-order valence-corrected chi connectivity index (χ2v) is 6.17. The van der Waals surface area contributed by atoms with Gasteiger partial charge in [-0.05, 0) is 30.5 Å². The molecular weight excluding hydrogens is 252 g/mol. The maximum Gasteiger partial charge on any atom is 0.0898 e. The van der Waals surface area contributed by atoms with E-state index in [9.17, 15) is 0 Å². The molecule has 0 fully saturated rings. The van der Waals surface area contributed by atoms with Crippen molar-refractivity contribution >= 4 is 11.3 Å². The number of nitrogens with one attached hydrogen (secondary N) is 1. The molecule has 0 saturated carbocycles. The molecule has 0 spiro atoms. The summed E-state index contributed by atoms with van der Waals surface area (Å²) in [7, 11) is 0. The Morgan fingerprint density at radius 2 is 1.79 bits per heavy atom. The molecule has 0 aliphatic rings. The van der Waals surface area contributed by atoms with Gasteiger partial charge >= 0.3 is 0 Å². The van der Waals surface area contributed by atoms with Crippen molar-refractivity contribution in [2.75, 3.05) is 6.54 Å². The van der Waals surface area contributed by atoms with Gasteiger partial charge in [0.05, 0.1) is 16.7 Å². The minimum Gasteiger partial charge on any atom is -0.305 e. The molecular formula is C16H22N2S. The Balaban J connectivity index is 2.28. The Morgan fingerprint density at radius 1 is 1.16 bits per heavy atom. The molecule has 1 aromatic carbocycles. The zero-order valence-electron chi connectivity index (χ0n) is 12.1. The summed E-state index contributed by atoms with van der Waals surface area (Å²) >= 11 is 1.71. The first kappa shape index (κ1) is 14.2. The summed E-state index contributed by atoms with van der Waals surface area (Å²) < 4.78 is 0. The molecule has 19 heavy (non-hydrogen) atoms. The van der Waals surface area contributed by atoms with Crippen molar-refractivity contribution in [1.29, 1.82) is 0 Å². The molecule has 1 aromatic heterocycles. The van der Waals surface area contributed by atoms with Crippen molar-refractivity contribution in [3.63, 3.8) is 0 Å². The minimum absolute atomic E-state index is 0.205. The highest BCUT2D eigenvalue weighted by molar-refractivity contribution is 7.09. The fourth-order valence-corrected chi connectivity index (χ4v) is 2.82. The van der Waals surface area contributed by atoms with Crippen molar-refractivity contribution in [3.05, 3.63) is 51.5 Å². The third kappa shape index (κ3) is 3.43. The molecule has 0 radical (unpaired) electrons. The van der Waals surface area contributed by atoms with Crippen LogP contribution in [-0.4, -0.2) is 11.5 Å². The molecule has 2 aromatic rings. The number of aromatic nitrogens is 1. The minimum atomic E-state index is 0.205. The molecule has 1 unspecified atom stereocenters. The Labute approximate surface area is 119 Å². The maximum absolute atomic E-state index is 4.62. The van der Waals surface area contributed by atoms with Gasteiger partial charge in [-0.3, -0.25) is 0 Å². The van der Waals surface area contributed by atoms with Crippen LogP contribution in [0.5, 0.6) is 0 Å². The Morgan fingerprint density at radius 3 is 2.26 bits per heavy atom. The second-order valence-electron chi connectivity index (χ2n) is 5.10. The van der Waals surface area contributed by atoms with Gasteiger partial charge in [-0.2, -0.15) is 0 Å². The van der Waals surface area contributed by atoms with Crippen LogP contribution >= 0.6 is 11.3 Å². The third-order valence-electron chi connectivity index (χ3n) is 3.28. The predicted octanol–water partition coefficient (Wildman–Crippen LogP) is 4.27. The Hall–Kier alpha value is -1.19. The summed E-state index contributed by atoms with van der Waals surface area (Å²) in [6, 6.07) is 9.10. The molecule has 0 aliphatic carbocycles. The fourth-order valence-electron chi connectivity index (χ4n) is 2.18. The van der Waals surface area contributed by atoms with Crippen LogP contribution in [0.4, 0.5) is 0 Å². The number of nitrogens with zero attached hydrogens (tertiary/aromatic N) is 1. The second kappa shape index (κ2) is 6.31. The van der Waals surface area contributed by atoms with E-state index in [0.29, 0.717) is 5.92 Å². The number of hydrogen-bond donors (Lipinski definition) is 1. The predicted molar refractivity (Wildman–Crippen MR) is 82.9 cm³/mol. The van der Waals surface area contributed by atoms with Gasteiger partial charge in [0.25, 0.3) is 0 Å². The van der Waals surface area contributed by atoms with Gasteiger partial charge in [0, 0.05) is 5.38 Å². The average molecular weight is 274 g/mol. The van der Waals surface area contributed by atoms with Gasteiger partial charge in [-0.1, -0.05) is 45.0 Å². The van der Waals surface area contributed by atoms with E-state index in [4.69, 9.17) is 0 Å². The quantitative estimate of drug-likeness (QED) is 0.880. The smallest absolute Gasteiger partial charge is 0.0898 e. The first-order chi connectivity index (χ1) is 9.11. The standard InChI is InChI=1S/C16H22N2S/c1-5-17-16(15-10-19-12(4)18-15)14-8-6-13(7-9-14)11(2)3/h6-11,16-17H,5H2,1-4H3. The third-order valence-corrected chi connectivity index (χ3v) is 4.07. The van der Waals surface area contributed by atoms with Crippen molar-refractivity contribution in [2.45, 2.75) is 39.7 Å². The highest BCUT2D eigenvalue weighted by atomic mass is 32.1. The molecule has 0 saturated heterocycles. The number of aryl methyl sites for hydroxylation is 1. The van der Waals surface area contributed by atoms with Crippen LogP contribution < -0.4 is 5.32 Å². The summed E-state index contributed by atoms with van der Waals surface area (Å²) in [5.74, 6) is 0.577. The maximum atomic E-state index is 4.62. The lowest BCUT2D eigenvalue weighted by Gasteiger charge is -2.17. The van der Waals surface area contributed by atoms with Gasteiger partial charge < -0.3 is 5.32 Å². The summed E-state index contributed by atoms with van der Waals surface area (Å²) in [6.45, 7) is 9.57. The lowest BCUT2D eigenvalue weighted by molar-refractivity contribution is 0.617. The van der Waals surface area contributed by atoms with Crippen LogP contribution in [0, 0.1) is 6.92 Å². The number of benzene rings is 1. The first-order valence-corrected chi connectivity index (χ1v) is 7.75. The molecule has 0 amide bonds. The molecule has 0 bridgehead atoms. The van der Waals surface area contributed by atoms with Crippen molar-refractivity contribution in [2.24, 2.45) is 0 Å². The van der Waals surface area contributed by atoms with Gasteiger partial charge in [-0.25, -0.2) is 4.98 Å². The van der Waals surface area contributed by atoms with E-state index in [2.05, 4.69) is 67.6 Å². The van der Waals surface area contributed by atoms with E-state index in [0.717, 1.165) is 17.2 Å². The van der Waals surface area contributed by atoms with Crippen LogP contribution in [0.25, 0.3) is 0 Å². The fraction of sp³-hybridized carbons (Fsp3) is 0.438. The summed E-state index contributed by atoms with van der Waals surface area (Å²) in [4.78, 5) is 4.62. The summed E-state index contributed by atoms with van der Waals surface area (Å²) in [5, 5.41) is 6.80. The van der Waals surface area contributed by atoms with Crippen LogP contribution in [-0.2, 0) is 0 Å². The monoisotopic (exact) mass is 274 g/mol. The van der Waals surface area contributed by atoms with E-state index < -0.39 is 0 Å². The molecule has 102 valence electrons. The van der Waals surface area contributed by atoms with E-state index in [-0.39, 0.29) is 6.04 Å². The van der Waals surface area contributed by atoms with Crippen LogP contribution in [0.3, 0.4) is 0 Å². The Kier molecular flexibility index (Phi) is 4.72. The van der Waals surface area contributed by atoms with Crippen LogP contribution in [0.1, 0.15) is 54.6 Å². The molecule has 3 heteroatoms. The first-order valence-electron chi connectivity index (χ1n) is 6.87. The summed E-state index contributed by atoms with van der Waals surface area (Å²) in [6.07, 6.45) is 0. The number of hydrogen-bond acceptors (Lipinski definition) is 3. The number of rotatable bonds is 5. The van der Waals surface area contributed by atoms with Gasteiger partial charge in [-0.15, -0.1) is 11.3 Å². The van der Waals surface area contributed by atoms with Gasteiger partial charge in [0.15, 0.2) is 0 Å². The zero-order chi connectivity index (χ0) is 13.8. The average Bonchev–Trinajstić information content (AvgIpc) is 2.82.